The number of rotatable bonds is 6. The number of nitrogens with one attached hydrogen (secondary N) is 1. The second-order valence-corrected chi connectivity index (χ2v) is 8.82. The average Bonchev–Trinajstić information content (AvgIpc) is 2.71. The zero-order valence-electron chi connectivity index (χ0n) is 16.7. The first-order valence-corrected chi connectivity index (χ1v) is 11.4. The number of hydrogen-bond acceptors (Lipinski definition) is 9. The summed E-state index contributed by atoms with van der Waals surface area (Å²) >= 11 is 0. The first kappa shape index (κ1) is 21.6. The summed E-state index contributed by atoms with van der Waals surface area (Å²) in [6.07, 6.45) is 3.01. The number of ether oxygens (including phenoxy) is 2. The molecule has 1 aliphatic rings. The van der Waals surface area contributed by atoms with Gasteiger partial charge in [-0.3, -0.25) is 0 Å². The molecule has 2 N–H and O–H groups in total. The zero-order valence-corrected chi connectivity index (χ0v) is 17.6. The van der Waals surface area contributed by atoms with Gasteiger partial charge in [0.1, 0.15) is 12.4 Å². The fourth-order valence-corrected chi connectivity index (χ4v) is 3.62. The Bertz CT molecular complexity index is 989. The van der Waals surface area contributed by atoms with Crippen molar-refractivity contribution in [3.05, 3.63) is 30.6 Å². The van der Waals surface area contributed by atoms with Gasteiger partial charge in [-0.25, -0.2) is 18.2 Å². The average molecular weight is 436 g/mol. The summed E-state index contributed by atoms with van der Waals surface area (Å²) < 4.78 is 33.9. The molecule has 1 aromatic carbocycles. The summed E-state index contributed by atoms with van der Waals surface area (Å²) in [7, 11) is -3.29. The van der Waals surface area contributed by atoms with Crippen molar-refractivity contribution < 1.29 is 27.8 Å². The van der Waals surface area contributed by atoms with E-state index in [0.717, 1.165) is 6.26 Å². The molecule has 1 saturated heterocycles. The van der Waals surface area contributed by atoms with Crippen LogP contribution in [0.1, 0.15) is 19.8 Å². The van der Waals surface area contributed by atoms with E-state index in [4.69, 9.17) is 9.47 Å². The highest BCUT2D eigenvalue weighted by Crippen LogP contribution is 2.33. The van der Waals surface area contributed by atoms with Crippen LogP contribution in [-0.2, 0) is 14.6 Å². The van der Waals surface area contributed by atoms with Gasteiger partial charge in [0, 0.05) is 37.9 Å². The van der Waals surface area contributed by atoms with E-state index in [1.807, 2.05) is 0 Å². The Labute approximate surface area is 174 Å². The third-order valence-electron chi connectivity index (χ3n) is 4.58. The van der Waals surface area contributed by atoms with Gasteiger partial charge in [-0.1, -0.05) is 0 Å². The summed E-state index contributed by atoms with van der Waals surface area (Å²) in [5, 5.41) is 13.4. The third kappa shape index (κ3) is 5.29. The van der Waals surface area contributed by atoms with Gasteiger partial charge in [-0.05, 0) is 31.2 Å². The topological polar surface area (TPSA) is 131 Å². The molecule has 3 rings (SSSR count). The van der Waals surface area contributed by atoms with Gasteiger partial charge >= 0.3 is 6.09 Å². The number of piperidine rings is 1. The summed E-state index contributed by atoms with van der Waals surface area (Å²) in [6.45, 7) is 3.08. The lowest BCUT2D eigenvalue weighted by Gasteiger charge is -2.31. The zero-order chi connectivity index (χ0) is 21.7. The molecule has 1 aliphatic heterocycles. The highest BCUT2D eigenvalue weighted by molar-refractivity contribution is 7.90. The molecule has 1 amide bonds. The molecule has 0 bridgehead atoms. The van der Waals surface area contributed by atoms with E-state index in [1.165, 1.54) is 18.5 Å². The van der Waals surface area contributed by atoms with E-state index in [1.54, 1.807) is 24.0 Å². The minimum Gasteiger partial charge on any atom is -0.501 e. The van der Waals surface area contributed by atoms with Crippen LogP contribution in [0, 0.1) is 0 Å². The Morgan fingerprint density at radius 2 is 1.90 bits per heavy atom. The standard InChI is InChI=1S/C19H24N4O6S/c1-3-28-19(25)23-10-8-14(9-11-23)29-18-16(24)17(20-12-21-18)22-13-4-6-15(7-5-13)30(2,26)27/h4-7,12,14,24H,3,8-11H2,1-2H3,(H,20,21,22). The number of hydrogen-bond donors (Lipinski definition) is 2. The number of nitrogens with zero attached hydrogens (tertiary/aromatic N) is 3. The fraction of sp³-hybridized carbons (Fsp3) is 0.421. The van der Waals surface area contributed by atoms with Gasteiger partial charge in [-0.15, -0.1) is 0 Å². The second kappa shape index (κ2) is 9.16. The second-order valence-electron chi connectivity index (χ2n) is 6.80. The van der Waals surface area contributed by atoms with Crippen molar-refractivity contribution in [3.8, 4) is 11.6 Å². The molecule has 0 spiro atoms. The maximum Gasteiger partial charge on any atom is 0.409 e. The number of benzene rings is 1. The van der Waals surface area contributed by atoms with Crippen LogP contribution >= 0.6 is 0 Å². The lowest BCUT2D eigenvalue weighted by Crippen LogP contribution is -2.42. The molecule has 0 atom stereocenters. The minimum atomic E-state index is -3.29. The number of carbonyl (C=O) groups excluding carboxylic acids is 1. The normalized spacial score (nSPS) is 14.9. The van der Waals surface area contributed by atoms with Crippen molar-refractivity contribution in [3.63, 3.8) is 0 Å². The maximum absolute atomic E-state index is 11.8. The van der Waals surface area contributed by atoms with Crippen molar-refractivity contribution in [1.29, 1.82) is 0 Å². The summed E-state index contributed by atoms with van der Waals surface area (Å²) in [6, 6.07) is 6.07. The minimum absolute atomic E-state index is 0.0369. The first-order valence-electron chi connectivity index (χ1n) is 9.47. The quantitative estimate of drug-likeness (QED) is 0.700. The molecular formula is C19H24N4O6S. The number of sulfone groups is 1. The van der Waals surface area contributed by atoms with Crippen LogP contribution in [-0.4, -0.2) is 66.5 Å². The van der Waals surface area contributed by atoms with E-state index in [-0.39, 0.29) is 34.5 Å². The van der Waals surface area contributed by atoms with Crippen molar-refractivity contribution in [2.45, 2.75) is 30.8 Å². The SMILES string of the molecule is CCOC(=O)N1CCC(Oc2ncnc(Nc3ccc(S(C)(=O)=O)cc3)c2O)CC1. The molecule has 0 aliphatic carbocycles. The molecule has 0 unspecified atom stereocenters. The van der Waals surface area contributed by atoms with E-state index < -0.39 is 9.84 Å². The highest BCUT2D eigenvalue weighted by Gasteiger charge is 2.26. The summed E-state index contributed by atoms with van der Waals surface area (Å²) in [5.74, 6) is -0.0802. The number of likely N-dealkylation sites (tertiary alicyclic amines) is 1. The largest absolute Gasteiger partial charge is 0.501 e. The van der Waals surface area contributed by atoms with Crippen molar-refractivity contribution in [2.75, 3.05) is 31.3 Å². The van der Waals surface area contributed by atoms with Crippen LogP contribution in [0.3, 0.4) is 0 Å². The van der Waals surface area contributed by atoms with E-state index in [0.29, 0.717) is 38.2 Å². The van der Waals surface area contributed by atoms with Crippen molar-refractivity contribution >= 4 is 27.4 Å². The van der Waals surface area contributed by atoms with Crippen LogP contribution in [0.25, 0.3) is 0 Å². The number of carbonyl (C=O) groups is 1. The smallest absolute Gasteiger partial charge is 0.409 e. The predicted octanol–water partition coefficient (Wildman–Crippen LogP) is 2.33. The van der Waals surface area contributed by atoms with Crippen molar-refractivity contribution in [2.24, 2.45) is 0 Å². The van der Waals surface area contributed by atoms with Gasteiger partial charge in [0.15, 0.2) is 15.7 Å². The molecule has 2 heterocycles. The number of aromatic nitrogens is 2. The lowest BCUT2D eigenvalue weighted by molar-refractivity contribution is 0.0676. The van der Waals surface area contributed by atoms with Gasteiger partial charge < -0.3 is 24.8 Å². The third-order valence-corrected chi connectivity index (χ3v) is 5.71. The first-order chi connectivity index (χ1) is 14.3. The summed E-state index contributed by atoms with van der Waals surface area (Å²) in [5.41, 5.74) is 0.546. The highest BCUT2D eigenvalue weighted by atomic mass is 32.2. The molecule has 0 radical (unpaired) electrons. The van der Waals surface area contributed by atoms with Crippen LogP contribution in [0.2, 0.25) is 0 Å². The molecule has 30 heavy (non-hydrogen) atoms. The van der Waals surface area contributed by atoms with Crippen LogP contribution in [0.4, 0.5) is 16.3 Å². The molecular weight excluding hydrogens is 412 g/mol. The Balaban J connectivity index is 1.64. The fourth-order valence-electron chi connectivity index (χ4n) is 2.99. The Morgan fingerprint density at radius 3 is 2.50 bits per heavy atom. The van der Waals surface area contributed by atoms with Gasteiger partial charge in [0.2, 0.25) is 5.75 Å². The van der Waals surface area contributed by atoms with Crippen LogP contribution < -0.4 is 10.1 Å². The number of aromatic hydroxyl groups is 1. The molecule has 1 fully saturated rings. The summed E-state index contributed by atoms with van der Waals surface area (Å²) in [4.78, 5) is 21.6. The monoisotopic (exact) mass is 436 g/mol. The van der Waals surface area contributed by atoms with Gasteiger partial charge in [0.25, 0.3) is 5.88 Å². The van der Waals surface area contributed by atoms with E-state index >= 15 is 0 Å². The Kier molecular flexibility index (Phi) is 6.60. The molecule has 162 valence electrons. The van der Waals surface area contributed by atoms with Crippen molar-refractivity contribution in [1.82, 2.24) is 14.9 Å². The predicted molar refractivity (Wildman–Crippen MR) is 109 cm³/mol. The van der Waals surface area contributed by atoms with E-state index in [9.17, 15) is 18.3 Å². The molecule has 0 saturated carbocycles. The van der Waals surface area contributed by atoms with Crippen LogP contribution in [0.15, 0.2) is 35.5 Å². The Hall–Kier alpha value is -3.08. The maximum atomic E-state index is 11.8. The Morgan fingerprint density at radius 1 is 1.23 bits per heavy atom. The molecule has 2 aromatic rings. The lowest BCUT2D eigenvalue weighted by atomic mass is 10.1. The molecule has 1 aromatic heterocycles. The number of amides is 1. The van der Waals surface area contributed by atoms with E-state index in [2.05, 4.69) is 15.3 Å². The molecule has 10 nitrogen and oxygen atoms in total. The van der Waals surface area contributed by atoms with Gasteiger partial charge in [0.05, 0.1) is 11.5 Å². The van der Waals surface area contributed by atoms with Crippen LogP contribution in [0.5, 0.6) is 11.6 Å². The molecule has 11 heteroatoms. The number of anilines is 2. The van der Waals surface area contributed by atoms with Gasteiger partial charge in [-0.2, -0.15) is 4.98 Å².